The predicted molar refractivity (Wildman–Crippen MR) is 100 cm³/mol. The van der Waals surface area contributed by atoms with Crippen molar-refractivity contribution in [2.75, 3.05) is 11.5 Å². The Morgan fingerprint density at radius 1 is 0.808 bits per heavy atom. The predicted octanol–water partition coefficient (Wildman–Crippen LogP) is 3.63. The number of nitrogens with zero attached hydrogens (tertiary/aromatic N) is 2. The SMILES string of the molecule is Cc1ccc(C2CS(=O)(=O)CC(c3ccc(C)cc3)C2(C#N)C#N)cc1. The minimum atomic E-state index is -3.39. The van der Waals surface area contributed by atoms with Gasteiger partial charge < -0.3 is 0 Å². The van der Waals surface area contributed by atoms with Crippen molar-refractivity contribution >= 4 is 9.84 Å². The summed E-state index contributed by atoms with van der Waals surface area (Å²) in [4.78, 5) is 0. The molecule has 0 spiro atoms. The summed E-state index contributed by atoms with van der Waals surface area (Å²) in [6.45, 7) is 3.89. The lowest BCUT2D eigenvalue weighted by atomic mass is 9.64. The number of hydrogen-bond donors (Lipinski definition) is 0. The molecule has 2 aromatic rings. The van der Waals surface area contributed by atoms with Crippen LogP contribution in [0.2, 0.25) is 0 Å². The lowest BCUT2D eigenvalue weighted by Crippen LogP contribution is -2.45. The molecular formula is C21H20N2O2S. The molecule has 4 nitrogen and oxygen atoms in total. The van der Waals surface area contributed by atoms with E-state index in [1.807, 2.05) is 62.4 Å². The van der Waals surface area contributed by atoms with Crippen molar-refractivity contribution in [3.05, 3.63) is 70.8 Å². The zero-order valence-corrected chi connectivity index (χ0v) is 15.6. The number of aryl methyl sites for hydroxylation is 2. The zero-order valence-electron chi connectivity index (χ0n) is 14.8. The maximum Gasteiger partial charge on any atom is 0.159 e. The molecule has 0 bridgehead atoms. The largest absolute Gasteiger partial charge is 0.229 e. The Morgan fingerprint density at radius 2 is 1.15 bits per heavy atom. The Morgan fingerprint density at radius 3 is 1.46 bits per heavy atom. The van der Waals surface area contributed by atoms with Crippen LogP contribution in [0.15, 0.2) is 48.5 Å². The maximum absolute atomic E-state index is 12.7. The van der Waals surface area contributed by atoms with Crippen molar-refractivity contribution in [3.8, 4) is 12.1 Å². The Labute approximate surface area is 154 Å². The van der Waals surface area contributed by atoms with Crippen molar-refractivity contribution in [3.63, 3.8) is 0 Å². The molecule has 0 saturated carbocycles. The number of nitriles is 2. The molecule has 5 heteroatoms. The third-order valence-electron chi connectivity index (χ3n) is 5.27. The van der Waals surface area contributed by atoms with E-state index in [0.717, 1.165) is 22.3 Å². The van der Waals surface area contributed by atoms with Gasteiger partial charge in [-0.25, -0.2) is 8.42 Å². The summed E-state index contributed by atoms with van der Waals surface area (Å²) in [5.74, 6) is -1.72. The van der Waals surface area contributed by atoms with Crippen molar-refractivity contribution in [2.24, 2.45) is 5.41 Å². The van der Waals surface area contributed by atoms with Gasteiger partial charge in [-0.1, -0.05) is 59.7 Å². The quantitative estimate of drug-likeness (QED) is 0.815. The van der Waals surface area contributed by atoms with Crippen LogP contribution in [-0.4, -0.2) is 19.9 Å². The van der Waals surface area contributed by atoms with E-state index in [9.17, 15) is 18.9 Å². The Hall–Kier alpha value is -2.63. The van der Waals surface area contributed by atoms with Crippen LogP contribution >= 0.6 is 0 Å². The fourth-order valence-corrected chi connectivity index (χ4v) is 5.80. The van der Waals surface area contributed by atoms with Gasteiger partial charge in [0.05, 0.1) is 23.6 Å². The molecule has 1 saturated heterocycles. The molecule has 132 valence electrons. The third kappa shape index (κ3) is 3.11. The highest BCUT2D eigenvalue weighted by Gasteiger charge is 2.54. The second-order valence-corrected chi connectivity index (χ2v) is 9.25. The molecule has 26 heavy (non-hydrogen) atoms. The maximum atomic E-state index is 12.7. The monoisotopic (exact) mass is 364 g/mol. The van der Waals surface area contributed by atoms with E-state index >= 15 is 0 Å². The molecule has 0 aliphatic carbocycles. The Bertz CT molecular complexity index is 916. The second-order valence-electron chi connectivity index (χ2n) is 7.10. The molecule has 1 fully saturated rings. The molecule has 0 amide bonds. The number of rotatable bonds is 2. The van der Waals surface area contributed by atoms with Gasteiger partial charge in [-0.15, -0.1) is 0 Å². The summed E-state index contributed by atoms with van der Waals surface area (Å²) in [5, 5.41) is 20.0. The lowest BCUT2D eigenvalue weighted by Gasteiger charge is -2.40. The minimum Gasteiger partial charge on any atom is -0.229 e. The van der Waals surface area contributed by atoms with Crippen molar-refractivity contribution in [1.82, 2.24) is 0 Å². The average Bonchev–Trinajstić information content (AvgIpc) is 2.62. The van der Waals surface area contributed by atoms with Crippen LogP contribution in [0.5, 0.6) is 0 Å². The molecule has 0 aromatic heterocycles. The topological polar surface area (TPSA) is 81.7 Å². The van der Waals surface area contributed by atoms with E-state index in [0.29, 0.717) is 0 Å². The highest BCUT2D eigenvalue weighted by Crippen LogP contribution is 2.51. The number of hydrogen-bond acceptors (Lipinski definition) is 4. The van der Waals surface area contributed by atoms with Gasteiger partial charge in [0.25, 0.3) is 0 Å². The van der Waals surface area contributed by atoms with E-state index in [2.05, 4.69) is 12.1 Å². The second kappa shape index (κ2) is 6.59. The molecular weight excluding hydrogens is 344 g/mol. The van der Waals surface area contributed by atoms with Crippen LogP contribution in [0.25, 0.3) is 0 Å². The molecule has 3 rings (SSSR count). The van der Waals surface area contributed by atoms with Crippen LogP contribution in [0.4, 0.5) is 0 Å². The Kier molecular flexibility index (Phi) is 4.61. The zero-order chi connectivity index (χ0) is 18.9. The fourth-order valence-electron chi connectivity index (χ4n) is 3.73. The van der Waals surface area contributed by atoms with Crippen molar-refractivity contribution in [2.45, 2.75) is 25.7 Å². The van der Waals surface area contributed by atoms with E-state index < -0.39 is 27.1 Å². The standard InChI is InChI=1S/C21H20N2O2S/c1-15-3-7-17(8-4-15)19-11-26(24,25)12-20(21(19,13-22)14-23)18-9-5-16(2)6-10-18/h3-10,19-20H,11-12H2,1-2H3. The summed E-state index contributed by atoms with van der Waals surface area (Å²) in [6.07, 6.45) is 0. The molecule has 0 N–H and O–H groups in total. The van der Waals surface area contributed by atoms with E-state index in [1.165, 1.54) is 0 Å². The van der Waals surface area contributed by atoms with Gasteiger partial charge in [0.2, 0.25) is 0 Å². The Balaban J connectivity index is 2.20. The lowest BCUT2D eigenvalue weighted by molar-refractivity contribution is 0.350. The normalized spacial score (nSPS) is 23.5. The summed E-state index contributed by atoms with van der Waals surface area (Å²) in [6, 6.07) is 19.3. The first-order chi connectivity index (χ1) is 12.3. The molecule has 1 aliphatic heterocycles. The third-order valence-corrected chi connectivity index (χ3v) is 6.95. The van der Waals surface area contributed by atoms with Crippen molar-refractivity contribution in [1.29, 1.82) is 10.5 Å². The first-order valence-corrected chi connectivity index (χ1v) is 10.3. The highest BCUT2D eigenvalue weighted by atomic mass is 32.2. The number of sulfone groups is 1. The van der Waals surface area contributed by atoms with Gasteiger partial charge >= 0.3 is 0 Å². The van der Waals surface area contributed by atoms with Gasteiger partial charge in [0, 0.05) is 11.8 Å². The first kappa shape index (κ1) is 18.2. The van der Waals surface area contributed by atoms with E-state index in [1.54, 1.807) is 0 Å². The molecule has 1 aliphatic rings. The average molecular weight is 364 g/mol. The highest BCUT2D eigenvalue weighted by molar-refractivity contribution is 7.91. The first-order valence-electron chi connectivity index (χ1n) is 8.47. The van der Waals surface area contributed by atoms with Crippen LogP contribution in [0.3, 0.4) is 0 Å². The van der Waals surface area contributed by atoms with Crippen molar-refractivity contribution < 1.29 is 8.42 Å². The molecule has 2 aromatic carbocycles. The fraction of sp³-hybridized carbons (Fsp3) is 0.333. The number of benzene rings is 2. The molecule has 2 unspecified atom stereocenters. The van der Waals surface area contributed by atoms with Gasteiger partial charge in [-0.05, 0) is 25.0 Å². The van der Waals surface area contributed by atoms with Crippen LogP contribution < -0.4 is 0 Å². The summed E-state index contributed by atoms with van der Waals surface area (Å²) in [5.41, 5.74) is 2.11. The van der Waals surface area contributed by atoms with Crippen LogP contribution in [0, 0.1) is 41.9 Å². The van der Waals surface area contributed by atoms with Crippen LogP contribution in [-0.2, 0) is 9.84 Å². The van der Waals surface area contributed by atoms with Crippen LogP contribution in [0.1, 0.15) is 34.1 Å². The van der Waals surface area contributed by atoms with Gasteiger partial charge in [0.1, 0.15) is 0 Å². The van der Waals surface area contributed by atoms with Gasteiger partial charge in [-0.3, -0.25) is 0 Å². The smallest absolute Gasteiger partial charge is 0.159 e. The van der Waals surface area contributed by atoms with Gasteiger partial charge in [-0.2, -0.15) is 10.5 Å². The molecule has 1 heterocycles. The molecule has 2 atom stereocenters. The minimum absolute atomic E-state index is 0.181. The summed E-state index contributed by atoms with van der Waals surface area (Å²) < 4.78 is 25.3. The van der Waals surface area contributed by atoms with Gasteiger partial charge in [0.15, 0.2) is 15.3 Å². The summed E-state index contributed by atoms with van der Waals surface area (Å²) >= 11 is 0. The van der Waals surface area contributed by atoms with E-state index in [4.69, 9.17) is 0 Å². The summed E-state index contributed by atoms with van der Waals surface area (Å²) in [7, 11) is -3.39. The van der Waals surface area contributed by atoms with E-state index in [-0.39, 0.29) is 11.5 Å². The molecule has 0 radical (unpaired) electrons.